The highest BCUT2D eigenvalue weighted by atomic mass is 16.6. The van der Waals surface area contributed by atoms with Crippen molar-refractivity contribution in [3.8, 4) is 5.75 Å². The summed E-state index contributed by atoms with van der Waals surface area (Å²) in [5.41, 5.74) is 3.07. The van der Waals surface area contributed by atoms with Gasteiger partial charge in [-0.2, -0.15) is 0 Å². The molecule has 3 aromatic carbocycles. The molecule has 0 radical (unpaired) electrons. The molecule has 1 N–H and O–H groups in total. The van der Waals surface area contributed by atoms with Crippen LogP contribution in [0, 0.1) is 0 Å². The lowest BCUT2D eigenvalue weighted by Gasteiger charge is -2.35. The summed E-state index contributed by atoms with van der Waals surface area (Å²) in [5.74, 6) is 0.694. The van der Waals surface area contributed by atoms with Crippen LogP contribution in [0.25, 0.3) is 0 Å². The lowest BCUT2D eigenvalue weighted by molar-refractivity contribution is 0.0629. The van der Waals surface area contributed by atoms with Crippen molar-refractivity contribution in [2.45, 2.75) is 18.8 Å². The fraction of sp³-hybridized carbons (Fsp3) is 0.375. The number of rotatable bonds is 10. The summed E-state index contributed by atoms with van der Waals surface area (Å²) >= 11 is 0. The summed E-state index contributed by atoms with van der Waals surface area (Å²) in [7, 11) is 4.13. The summed E-state index contributed by atoms with van der Waals surface area (Å²) < 4.78 is 11.4. The zero-order valence-electron chi connectivity index (χ0n) is 23.7. The number of carbonyl (C=O) groups excluding carboxylic acids is 2. The van der Waals surface area contributed by atoms with E-state index in [1.165, 1.54) is 0 Å². The monoisotopic (exact) mass is 558 g/mol. The lowest BCUT2D eigenvalue weighted by Crippen LogP contribution is -2.49. The Morgan fingerprint density at radius 1 is 0.951 bits per heavy atom. The van der Waals surface area contributed by atoms with E-state index in [4.69, 9.17) is 9.47 Å². The Labute approximate surface area is 241 Å². The highest BCUT2D eigenvalue weighted by Crippen LogP contribution is 2.38. The molecule has 9 heteroatoms. The van der Waals surface area contributed by atoms with E-state index in [-0.39, 0.29) is 12.5 Å². The molecular weight excluding hydrogens is 520 g/mol. The first-order valence-corrected chi connectivity index (χ1v) is 14.1. The van der Waals surface area contributed by atoms with Gasteiger partial charge in [0, 0.05) is 50.5 Å². The lowest BCUT2D eigenvalue weighted by atomic mass is 10.00. The second-order valence-corrected chi connectivity index (χ2v) is 10.7. The van der Waals surface area contributed by atoms with Crippen LogP contribution < -0.4 is 9.64 Å². The van der Waals surface area contributed by atoms with Crippen molar-refractivity contribution in [1.82, 2.24) is 14.7 Å². The number of aliphatic hydroxyl groups excluding tert-OH is 1. The summed E-state index contributed by atoms with van der Waals surface area (Å²) in [6.07, 6.45) is -1.25. The Morgan fingerprint density at radius 3 is 2.27 bits per heavy atom. The van der Waals surface area contributed by atoms with Crippen molar-refractivity contribution in [3.63, 3.8) is 0 Å². The van der Waals surface area contributed by atoms with Crippen molar-refractivity contribution in [2.75, 3.05) is 64.9 Å². The van der Waals surface area contributed by atoms with Gasteiger partial charge in [-0.15, -0.1) is 0 Å². The first kappa shape index (κ1) is 28.6. The molecule has 2 saturated heterocycles. The number of likely N-dealkylation sites (N-methyl/N-ethyl adjacent to an activating group) is 1. The number of hydrogen-bond donors (Lipinski definition) is 1. The molecule has 216 valence electrons. The number of amides is 2. The third-order valence-corrected chi connectivity index (χ3v) is 7.64. The van der Waals surface area contributed by atoms with Crippen molar-refractivity contribution in [2.24, 2.45) is 0 Å². The molecule has 3 aromatic rings. The second-order valence-electron chi connectivity index (χ2n) is 10.7. The van der Waals surface area contributed by atoms with Crippen LogP contribution in [-0.2, 0) is 11.3 Å². The van der Waals surface area contributed by atoms with Crippen LogP contribution in [0.4, 0.5) is 10.5 Å². The highest BCUT2D eigenvalue weighted by Gasteiger charge is 2.43. The number of ether oxygens (including phenoxy) is 2. The predicted molar refractivity (Wildman–Crippen MR) is 157 cm³/mol. The Hall–Kier alpha value is -3.92. The van der Waals surface area contributed by atoms with E-state index in [0.29, 0.717) is 36.7 Å². The Kier molecular flexibility index (Phi) is 9.18. The summed E-state index contributed by atoms with van der Waals surface area (Å²) in [6, 6.07) is 23.9. The minimum atomic E-state index is -0.719. The first-order valence-electron chi connectivity index (χ1n) is 14.1. The van der Waals surface area contributed by atoms with E-state index < -0.39 is 18.2 Å². The number of anilines is 1. The first-order chi connectivity index (χ1) is 19.9. The smallest absolute Gasteiger partial charge is 0.415 e. The van der Waals surface area contributed by atoms with Gasteiger partial charge in [0.2, 0.25) is 0 Å². The van der Waals surface area contributed by atoms with Crippen molar-refractivity contribution in [3.05, 3.63) is 95.6 Å². The topological polar surface area (TPSA) is 85.8 Å². The van der Waals surface area contributed by atoms with Gasteiger partial charge in [0.05, 0.1) is 6.61 Å². The maximum Gasteiger partial charge on any atom is 0.415 e. The van der Waals surface area contributed by atoms with Gasteiger partial charge in [0.15, 0.2) is 6.10 Å². The highest BCUT2D eigenvalue weighted by molar-refractivity contribution is 5.96. The molecule has 0 bridgehead atoms. The van der Waals surface area contributed by atoms with Crippen LogP contribution in [0.2, 0.25) is 0 Å². The van der Waals surface area contributed by atoms with Gasteiger partial charge in [0.25, 0.3) is 5.91 Å². The van der Waals surface area contributed by atoms with Crippen LogP contribution >= 0.6 is 0 Å². The minimum Gasteiger partial charge on any atom is -0.489 e. The molecule has 2 fully saturated rings. The average molecular weight is 559 g/mol. The molecule has 0 unspecified atom stereocenters. The Balaban J connectivity index is 1.25. The molecule has 0 spiro atoms. The third-order valence-electron chi connectivity index (χ3n) is 7.64. The quantitative estimate of drug-likeness (QED) is 0.407. The van der Waals surface area contributed by atoms with Crippen LogP contribution in [0.5, 0.6) is 5.75 Å². The van der Waals surface area contributed by atoms with E-state index in [1.54, 1.807) is 29.2 Å². The maximum absolute atomic E-state index is 13.2. The van der Waals surface area contributed by atoms with Crippen molar-refractivity contribution >= 4 is 17.7 Å². The summed E-state index contributed by atoms with van der Waals surface area (Å²) in [6.45, 7) is 5.24. The van der Waals surface area contributed by atoms with E-state index in [0.717, 1.165) is 37.3 Å². The number of piperazine rings is 1. The molecule has 5 rings (SSSR count). The molecule has 2 atom stereocenters. The van der Waals surface area contributed by atoms with Crippen LogP contribution in [0.15, 0.2) is 78.9 Å². The predicted octanol–water partition coefficient (Wildman–Crippen LogP) is 3.64. The molecule has 9 nitrogen and oxygen atoms in total. The number of carbonyl (C=O) groups is 2. The van der Waals surface area contributed by atoms with Crippen molar-refractivity contribution < 1.29 is 24.2 Å². The van der Waals surface area contributed by atoms with Crippen LogP contribution in [0.1, 0.15) is 27.5 Å². The van der Waals surface area contributed by atoms with E-state index in [9.17, 15) is 14.7 Å². The molecular formula is C32H38N4O5. The van der Waals surface area contributed by atoms with E-state index in [1.807, 2.05) is 59.5 Å². The standard InChI is InChI=1S/C32H38N4O5/c1-33(2)16-17-34-18-20-35(21-19-34)31(38)26-8-12-27(13-9-26)36-30(29(22-37)41-32(36)39)25-10-14-28(15-11-25)40-23-24-6-4-3-5-7-24/h3-15,29-30,37H,16-23H2,1-2H3/t29-,30-/m1/s1. The number of aliphatic hydroxyl groups is 1. The van der Waals surface area contributed by atoms with Crippen LogP contribution in [0.3, 0.4) is 0 Å². The zero-order chi connectivity index (χ0) is 28.8. The third kappa shape index (κ3) is 6.87. The average Bonchev–Trinajstić information content (AvgIpc) is 3.35. The van der Waals surface area contributed by atoms with E-state index >= 15 is 0 Å². The Bertz CT molecular complexity index is 1290. The van der Waals surface area contributed by atoms with Gasteiger partial charge in [-0.25, -0.2) is 4.79 Å². The fourth-order valence-corrected chi connectivity index (χ4v) is 5.26. The van der Waals surface area contributed by atoms with Gasteiger partial charge in [-0.1, -0.05) is 42.5 Å². The minimum absolute atomic E-state index is 0.0105. The van der Waals surface area contributed by atoms with E-state index in [2.05, 4.69) is 23.9 Å². The normalized spacial score (nSPS) is 19.5. The molecule has 2 aliphatic rings. The van der Waals surface area contributed by atoms with Gasteiger partial charge in [-0.3, -0.25) is 14.6 Å². The molecule has 2 heterocycles. The second kappa shape index (κ2) is 13.2. The molecule has 2 aliphatic heterocycles. The molecule has 2 amide bonds. The number of hydrogen-bond acceptors (Lipinski definition) is 7. The van der Waals surface area contributed by atoms with Gasteiger partial charge in [-0.05, 0) is 61.6 Å². The zero-order valence-corrected chi connectivity index (χ0v) is 23.7. The maximum atomic E-state index is 13.2. The van der Waals surface area contributed by atoms with Gasteiger partial charge >= 0.3 is 6.09 Å². The number of benzene rings is 3. The van der Waals surface area contributed by atoms with Gasteiger partial charge in [0.1, 0.15) is 18.4 Å². The molecule has 0 saturated carbocycles. The molecule has 0 aliphatic carbocycles. The molecule has 41 heavy (non-hydrogen) atoms. The Morgan fingerprint density at radius 2 is 1.63 bits per heavy atom. The molecule has 0 aromatic heterocycles. The number of cyclic esters (lactones) is 1. The summed E-state index contributed by atoms with van der Waals surface area (Å²) in [4.78, 5) is 34.1. The summed E-state index contributed by atoms with van der Waals surface area (Å²) in [5, 5.41) is 10.0. The largest absolute Gasteiger partial charge is 0.489 e. The van der Waals surface area contributed by atoms with Crippen molar-refractivity contribution in [1.29, 1.82) is 0 Å². The van der Waals surface area contributed by atoms with Gasteiger partial charge < -0.3 is 24.4 Å². The number of nitrogens with zero attached hydrogens (tertiary/aromatic N) is 4. The SMILES string of the molecule is CN(C)CCN1CCN(C(=O)c2ccc(N3C(=O)O[C@H](CO)[C@H]3c3ccc(OCc4ccccc4)cc3)cc2)CC1. The fourth-order valence-electron chi connectivity index (χ4n) is 5.26. The van der Waals surface area contributed by atoms with Crippen LogP contribution in [-0.4, -0.2) is 97.9 Å².